The van der Waals surface area contributed by atoms with Gasteiger partial charge in [-0.1, -0.05) is 30.3 Å². The van der Waals surface area contributed by atoms with Crippen LogP contribution >= 0.6 is 0 Å². The summed E-state index contributed by atoms with van der Waals surface area (Å²) in [6, 6.07) is 19.5. The highest BCUT2D eigenvalue weighted by atomic mass is 16.7. The van der Waals surface area contributed by atoms with Crippen molar-refractivity contribution >= 4 is 17.5 Å². The quantitative estimate of drug-likeness (QED) is 0.545. The number of aromatic nitrogens is 1. The molecule has 3 aromatic rings. The first-order valence-electron chi connectivity index (χ1n) is 12.7. The van der Waals surface area contributed by atoms with E-state index < -0.39 is 0 Å². The van der Waals surface area contributed by atoms with Crippen LogP contribution in [0, 0.1) is 0 Å². The highest BCUT2D eigenvalue weighted by Crippen LogP contribution is 2.33. The summed E-state index contributed by atoms with van der Waals surface area (Å²) >= 11 is 0. The summed E-state index contributed by atoms with van der Waals surface area (Å²) in [6.45, 7) is 5.64. The van der Waals surface area contributed by atoms with Gasteiger partial charge in [0, 0.05) is 58.1 Å². The van der Waals surface area contributed by atoms with Crippen LogP contribution in [0.25, 0.3) is 0 Å². The Kier molecular flexibility index (Phi) is 7.65. The first-order valence-corrected chi connectivity index (χ1v) is 12.7. The average molecular weight is 501 g/mol. The fraction of sp³-hybridized carbons (Fsp3) is 0.345. The van der Waals surface area contributed by atoms with Crippen molar-refractivity contribution in [2.45, 2.75) is 32.9 Å². The third-order valence-corrected chi connectivity index (χ3v) is 6.82. The summed E-state index contributed by atoms with van der Waals surface area (Å²) in [6.07, 6.45) is 2.89. The predicted molar refractivity (Wildman–Crippen MR) is 140 cm³/mol. The largest absolute Gasteiger partial charge is 0.454 e. The maximum absolute atomic E-state index is 13.6. The second-order valence-corrected chi connectivity index (χ2v) is 9.43. The molecular weight excluding hydrogens is 468 g/mol. The van der Waals surface area contributed by atoms with Gasteiger partial charge in [-0.2, -0.15) is 0 Å². The van der Waals surface area contributed by atoms with E-state index in [1.807, 2.05) is 70.5 Å². The second-order valence-electron chi connectivity index (χ2n) is 9.43. The number of rotatable bonds is 4. The first kappa shape index (κ1) is 24.8. The lowest BCUT2D eigenvalue weighted by Gasteiger charge is -2.28. The summed E-state index contributed by atoms with van der Waals surface area (Å²) in [5.41, 5.74) is 3.71. The van der Waals surface area contributed by atoms with E-state index in [0.29, 0.717) is 44.2 Å². The van der Waals surface area contributed by atoms with Crippen molar-refractivity contribution in [3.05, 3.63) is 83.7 Å². The molecule has 0 saturated carbocycles. The van der Waals surface area contributed by atoms with E-state index in [-0.39, 0.29) is 25.0 Å². The highest BCUT2D eigenvalue weighted by molar-refractivity contribution is 5.92. The lowest BCUT2D eigenvalue weighted by molar-refractivity contribution is -0.131. The maximum atomic E-state index is 13.6. The minimum atomic E-state index is 0.00112. The molecule has 1 aromatic heterocycles. The molecule has 0 spiro atoms. The summed E-state index contributed by atoms with van der Waals surface area (Å²) < 4.78 is 10.9. The maximum Gasteiger partial charge on any atom is 0.231 e. The number of nitrogens with zero attached hydrogens (tertiary/aromatic N) is 4. The van der Waals surface area contributed by atoms with Crippen LogP contribution < -0.4 is 14.4 Å². The summed E-state index contributed by atoms with van der Waals surface area (Å²) in [5, 5.41) is 0. The normalized spacial score (nSPS) is 16.1. The third-order valence-electron chi connectivity index (χ3n) is 6.82. The standard InChI is InChI=1S/C29H32N4O4/c1-22(34)33-14-6-13-31(20-25-8-4-5-12-30-25)15-16-32(19-24-7-2-3-9-26(24)33)29(35)18-23-10-11-27-28(17-23)37-21-36-27/h2-5,7-12,17H,6,13-16,18-21H2,1H3. The van der Waals surface area contributed by atoms with E-state index >= 15 is 0 Å². The zero-order valence-electron chi connectivity index (χ0n) is 21.1. The number of hydrogen-bond donors (Lipinski definition) is 0. The average Bonchev–Trinajstić information content (AvgIpc) is 3.36. The number of hydrogen-bond acceptors (Lipinski definition) is 6. The summed E-state index contributed by atoms with van der Waals surface area (Å²) in [4.78, 5) is 36.8. The molecular formula is C29H32N4O4. The lowest BCUT2D eigenvalue weighted by atomic mass is 10.1. The fourth-order valence-corrected chi connectivity index (χ4v) is 4.90. The molecule has 0 bridgehead atoms. The number of para-hydroxylation sites is 1. The lowest BCUT2D eigenvalue weighted by Crippen LogP contribution is -2.39. The Balaban J connectivity index is 1.41. The van der Waals surface area contributed by atoms with Crippen molar-refractivity contribution in [2.75, 3.05) is 37.9 Å². The molecule has 5 rings (SSSR count). The zero-order chi connectivity index (χ0) is 25.6. The second kappa shape index (κ2) is 11.4. The van der Waals surface area contributed by atoms with E-state index in [4.69, 9.17) is 9.47 Å². The van der Waals surface area contributed by atoms with Crippen LogP contribution in [-0.2, 0) is 29.1 Å². The number of carbonyl (C=O) groups excluding carboxylic acids is 2. The molecule has 2 aromatic carbocycles. The van der Waals surface area contributed by atoms with Crippen molar-refractivity contribution in [3.8, 4) is 11.5 Å². The van der Waals surface area contributed by atoms with Gasteiger partial charge in [0.2, 0.25) is 18.6 Å². The molecule has 0 unspecified atom stereocenters. The highest BCUT2D eigenvalue weighted by Gasteiger charge is 2.23. The Hall–Kier alpha value is -3.91. The van der Waals surface area contributed by atoms with Gasteiger partial charge in [-0.15, -0.1) is 0 Å². The van der Waals surface area contributed by atoms with Gasteiger partial charge in [0.15, 0.2) is 11.5 Å². The first-order chi connectivity index (χ1) is 18.1. The van der Waals surface area contributed by atoms with E-state index in [9.17, 15) is 9.59 Å². The molecule has 0 atom stereocenters. The molecule has 8 nitrogen and oxygen atoms in total. The molecule has 37 heavy (non-hydrogen) atoms. The van der Waals surface area contributed by atoms with Crippen molar-refractivity contribution < 1.29 is 19.1 Å². The molecule has 0 fully saturated rings. The van der Waals surface area contributed by atoms with Gasteiger partial charge < -0.3 is 19.3 Å². The SMILES string of the molecule is CC(=O)N1CCCN(Cc2ccccn2)CCN(C(=O)Cc2ccc3c(c2)OCO3)Cc2ccccc21. The van der Waals surface area contributed by atoms with Crippen LogP contribution in [-0.4, -0.2) is 59.6 Å². The third kappa shape index (κ3) is 6.09. The predicted octanol–water partition coefficient (Wildman–Crippen LogP) is 3.64. The number of ether oxygens (including phenoxy) is 2. The van der Waals surface area contributed by atoms with Crippen molar-refractivity contribution in [2.24, 2.45) is 0 Å². The van der Waals surface area contributed by atoms with Crippen LogP contribution in [0.2, 0.25) is 0 Å². The molecule has 8 heteroatoms. The van der Waals surface area contributed by atoms with Gasteiger partial charge in [0.05, 0.1) is 12.1 Å². The number of benzene rings is 2. The van der Waals surface area contributed by atoms with Crippen LogP contribution in [0.1, 0.15) is 30.2 Å². The summed E-state index contributed by atoms with van der Waals surface area (Å²) in [7, 11) is 0. The van der Waals surface area contributed by atoms with E-state index in [0.717, 1.165) is 35.5 Å². The van der Waals surface area contributed by atoms with Gasteiger partial charge in [-0.25, -0.2) is 0 Å². The van der Waals surface area contributed by atoms with Crippen molar-refractivity contribution in [1.29, 1.82) is 0 Å². The van der Waals surface area contributed by atoms with E-state index in [1.54, 1.807) is 13.1 Å². The number of pyridine rings is 1. The molecule has 0 radical (unpaired) electrons. The Morgan fingerprint density at radius 3 is 2.59 bits per heavy atom. The fourth-order valence-electron chi connectivity index (χ4n) is 4.90. The number of amides is 2. The minimum Gasteiger partial charge on any atom is -0.454 e. The molecule has 0 aliphatic carbocycles. The van der Waals surface area contributed by atoms with Gasteiger partial charge in [-0.3, -0.25) is 19.5 Å². The smallest absolute Gasteiger partial charge is 0.231 e. The van der Waals surface area contributed by atoms with Gasteiger partial charge in [0.1, 0.15) is 0 Å². The molecule has 2 aliphatic rings. The minimum absolute atomic E-state index is 0.00112. The molecule has 2 aliphatic heterocycles. The van der Waals surface area contributed by atoms with Crippen LogP contribution in [0.15, 0.2) is 66.9 Å². The van der Waals surface area contributed by atoms with Crippen LogP contribution in [0.3, 0.4) is 0 Å². The van der Waals surface area contributed by atoms with Gasteiger partial charge in [0.25, 0.3) is 0 Å². The van der Waals surface area contributed by atoms with Crippen LogP contribution in [0.5, 0.6) is 11.5 Å². The summed E-state index contributed by atoms with van der Waals surface area (Å²) in [5.74, 6) is 1.41. The van der Waals surface area contributed by atoms with E-state index in [2.05, 4.69) is 9.88 Å². The van der Waals surface area contributed by atoms with E-state index in [1.165, 1.54) is 0 Å². The van der Waals surface area contributed by atoms with Gasteiger partial charge >= 0.3 is 0 Å². The topological polar surface area (TPSA) is 75.2 Å². The number of fused-ring (bicyclic) bond motifs is 2. The number of carbonyl (C=O) groups is 2. The van der Waals surface area contributed by atoms with Gasteiger partial charge in [-0.05, 0) is 47.9 Å². The Morgan fingerprint density at radius 2 is 1.76 bits per heavy atom. The Bertz CT molecular complexity index is 1250. The monoisotopic (exact) mass is 500 g/mol. The Labute approximate surface area is 217 Å². The van der Waals surface area contributed by atoms with Crippen molar-refractivity contribution in [1.82, 2.24) is 14.8 Å². The zero-order valence-corrected chi connectivity index (χ0v) is 21.1. The molecule has 0 N–H and O–H groups in total. The molecule has 192 valence electrons. The molecule has 0 saturated heterocycles. The number of anilines is 1. The molecule has 3 heterocycles. The van der Waals surface area contributed by atoms with Crippen molar-refractivity contribution in [3.63, 3.8) is 0 Å². The Morgan fingerprint density at radius 1 is 0.919 bits per heavy atom. The molecule has 2 amide bonds. The van der Waals surface area contributed by atoms with Crippen LogP contribution in [0.4, 0.5) is 5.69 Å².